The molecule has 1 atom stereocenters. The summed E-state index contributed by atoms with van der Waals surface area (Å²) in [6.07, 6.45) is 1.15. The number of aromatic nitrogens is 4. The van der Waals surface area contributed by atoms with Crippen LogP contribution in [0.2, 0.25) is 0 Å². The number of amides is 1. The van der Waals surface area contributed by atoms with Crippen LogP contribution in [0.5, 0.6) is 0 Å². The molecule has 0 radical (unpaired) electrons. The van der Waals surface area contributed by atoms with Gasteiger partial charge in [-0.1, -0.05) is 29.2 Å². The molecule has 1 aliphatic carbocycles. The summed E-state index contributed by atoms with van der Waals surface area (Å²) in [7, 11) is 0. The van der Waals surface area contributed by atoms with Gasteiger partial charge in [0, 0.05) is 23.2 Å². The highest BCUT2D eigenvalue weighted by molar-refractivity contribution is 8.00. The van der Waals surface area contributed by atoms with E-state index in [0.29, 0.717) is 5.13 Å². The van der Waals surface area contributed by atoms with Crippen molar-refractivity contribution in [1.29, 1.82) is 0 Å². The first-order chi connectivity index (χ1) is 12.0. The van der Waals surface area contributed by atoms with E-state index in [9.17, 15) is 13.6 Å². The van der Waals surface area contributed by atoms with Gasteiger partial charge in [-0.2, -0.15) is 5.10 Å². The molecule has 0 aromatic carbocycles. The van der Waals surface area contributed by atoms with E-state index in [-0.39, 0.29) is 12.1 Å². The van der Waals surface area contributed by atoms with Crippen molar-refractivity contribution < 1.29 is 13.6 Å². The monoisotopic (exact) mass is 399 g/mol. The molecule has 0 saturated heterocycles. The largest absolute Gasteiger partial charge is 0.295 e. The molecule has 4 rings (SSSR count). The summed E-state index contributed by atoms with van der Waals surface area (Å²) < 4.78 is 28.0. The molecule has 6 nitrogen and oxygen atoms in total. The van der Waals surface area contributed by atoms with E-state index in [1.54, 1.807) is 11.3 Å². The molecule has 0 aliphatic heterocycles. The quantitative estimate of drug-likeness (QED) is 0.502. The van der Waals surface area contributed by atoms with Crippen molar-refractivity contribution in [3.63, 3.8) is 0 Å². The summed E-state index contributed by atoms with van der Waals surface area (Å²) in [5.41, 5.74) is 0.0747. The number of thioether (sulfide) groups is 1. The van der Waals surface area contributed by atoms with Gasteiger partial charge in [0.25, 0.3) is 11.8 Å². The van der Waals surface area contributed by atoms with Crippen LogP contribution in [0, 0.1) is 0 Å². The number of halogens is 2. The van der Waals surface area contributed by atoms with Gasteiger partial charge in [0.2, 0.25) is 5.13 Å². The summed E-state index contributed by atoms with van der Waals surface area (Å²) >= 11 is 4.47. The number of anilines is 1. The van der Waals surface area contributed by atoms with Gasteiger partial charge in [-0.25, -0.2) is 8.78 Å². The number of hydrogen-bond donors (Lipinski definition) is 1. The topological polar surface area (TPSA) is 72.7 Å². The number of alkyl halides is 2. The summed E-state index contributed by atoms with van der Waals surface area (Å²) in [6.45, 7) is 0. The number of rotatable bonds is 6. The van der Waals surface area contributed by atoms with Crippen molar-refractivity contribution in [3.8, 4) is 0 Å². The van der Waals surface area contributed by atoms with E-state index in [4.69, 9.17) is 0 Å². The van der Waals surface area contributed by atoms with Crippen molar-refractivity contribution in [2.45, 2.75) is 28.5 Å². The van der Waals surface area contributed by atoms with Crippen molar-refractivity contribution in [3.05, 3.63) is 40.3 Å². The number of nitrogens with one attached hydrogen (secondary N) is 1. The number of thiophene rings is 1. The molecule has 1 saturated carbocycles. The Morgan fingerprint density at radius 3 is 3.00 bits per heavy atom. The zero-order chi connectivity index (χ0) is 17.4. The SMILES string of the molecule is O=C(Nc1nnc(SCc2cccs2)s1)c1ccn(C2CC2(F)F)n1. The molecular formula is C14H11F2N5OS3. The molecule has 130 valence electrons. The van der Waals surface area contributed by atoms with Crippen LogP contribution < -0.4 is 5.32 Å². The predicted molar refractivity (Wildman–Crippen MR) is 92.6 cm³/mol. The maximum atomic E-state index is 13.0. The number of carbonyl (C=O) groups is 1. The minimum absolute atomic E-state index is 0.0747. The minimum Gasteiger partial charge on any atom is -0.295 e. The Labute approximate surface area is 153 Å². The molecule has 0 spiro atoms. The van der Waals surface area contributed by atoms with E-state index < -0.39 is 17.9 Å². The number of carbonyl (C=O) groups excluding carboxylic acids is 1. The van der Waals surface area contributed by atoms with Crippen molar-refractivity contribution >= 4 is 45.5 Å². The molecule has 3 aromatic rings. The smallest absolute Gasteiger partial charge is 0.277 e. The molecule has 3 heterocycles. The summed E-state index contributed by atoms with van der Waals surface area (Å²) in [5.74, 6) is -2.43. The first-order valence-electron chi connectivity index (χ1n) is 7.24. The van der Waals surface area contributed by atoms with Crippen LogP contribution in [-0.2, 0) is 5.75 Å². The molecule has 1 fully saturated rings. The third-order valence-corrected chi connectivity index (χ3v) is 6.58. The lowest BCUT2D eigenvalue weighted by Gasteiger charge is -1.99. The Balaban J connectivity index is 1.35. The third-order valence-electron chi connectivity index (χ3n) is 3.50. The average molecular weight is 399 g/mol. The Bertz CT molecular complexity index is 892. The molecule has 3 aromatic heterocycles. The Kier molecular flexibility index (Phi) is 4.29. The van der Waals surface area contributed by atoms with Gasteiger partial charge in [0.15, 0.2) is 10.0 Å². The highest BCUT2D eigenvalue weighted by Gasteiger charge is 2.59. The van der Waals surface area contributed by atoms with Crippen LogP contribution in [0.1, 0.15) is 27.8 Å². The zero-order valence-corrected chi connectivity index (χ0v) is 15.0. The fourth-order valence-electron chi connectivity index (χ4n) is 2.13. The van der Waals surface area contributed by atoms with Gasteiger partial charge in [0.1, 0.15) is 6.04 Å². The zero-order valence-electron chi connectivity index (χ0n) is 12.6. The second-order valence-corrected chi connectivity index (χ2v) is 8.59. The van der Waals surface area contributed by atoms with E-state index in [0.717, 1.165) is 14.8 Å². The van der Waals surface area contributed by atoms with Crippen molar-refractivity contribution in [1.82, 2.24) is 20.0 Å². The molecule has 1 unspecified atom stereocenters. The fourth-order valence-corrected chi connectivity index (χ4v) is 4.65. The average Bonchev–Trinajstić information content (AvgIpc) is 3.14. The summed E-state index contributed by atoms with van der Waals surface area (Å²) in [4.78, 5) is 13.4. The first kappa shape index (κ1) is 16.6. The molecule has 25 heavy (non-hydrogen) atoms. The third kappa shape index (κ3) is 3.72. The number of nitrogens with zero attached hydrogens (tertiary/aromatic N) is 4. The van der Waals surface area contributed by atoms with Crippen LogP contribution in [0.4, 0.5) is 13.9 Å². The van der Waals surface area contributed by atoms with Gasteiger partial charge in [-0.3, -0.25) is 14.8 Å². The summed E-state index contributed by atoms with van der Waals surface area (Å²) in [5, 5.41) is 16.8. The Morgan fingerprint density at radius 2 is 2.28 bits per heavy atom. The van der Waals surface area contributed by atoms with Crippen LogP contribution in [-0.4, -0.2) is 31.8 Å². The fraction of sp³-hybridized carbons (Fsp3) is 0.286. The molecular weight excluding hydrogens is 388 g/mol. The van der Waals surface area contributed by atoms with Gasteiger partial charge < -0.3 is 0 Å². The van der Waals surface area contributed by atoms with Crippen molar-refractivity contribution in [2.75, 3.05) is 5.32 Å². The minimum atomic E-state index is -2.73. The molecule has 11 heteroatoms. The lowest BCUT2D eigenvalue weighted by molar-refractivity contribution is 0.0966. The van der Waals surface area contributed by atoms with Crippen LogP contribution >= 0.6 is 34.4 Å². The maximum Gasteiger partial charge on any atom is 0.277 e. The maximum absolute atomic E-state index is 13.0. The van der Waals surface area contributed by atoms with E-state index in [1.165, 1.54) is 40.2 Å². The first-order valence-corrected chi connectivity index (χ1v) is 9.92. The van der Waals surface area contributed by atoms with Gasteiger partial charge >= 0.3 is 0 Å². The van der Waals surface area contributed by atoms with Crippen LogP contribution in [0.3, 0.4) is 0 Å². The van der Waals surface area contributed by atoms with Crippen LogP contribution in [0.25, 0.3) is 0 Å². The molecule has 0 bridgehead atoms. The molecule has 1 amide bonds. The van der Waals surface area contributed by atoms with Crippen molar-refractivity contribution in [2.24, 2.45) is 0 Å². The van der Waals surface area contributed by atoms with Crippen LogP contribution in [0.15, 0.2) is 34.1 Å². The Morgan fingerprint density at radius 1 is 1.44 bits per heavy atom. The van der Waals surface area contributed by atoms with Gasteiger partial charge in [-0.05, 0) is 17.5 Å². The predicted octanol–water partition coefficient (Wildman–Crippen LogP) is 3.92. The highest BCUT2D eigenvalue weighted by atomic mass is 32.2. The lowest BCUT2D eigenvalue weighted by atomic mass is 10.4. The second-order valence-electron chi connectivity index (χ2n) is 5.36. The van der Waals surface area contributed by atoms with Gasteiger partial charge in [0.05, 0.1) is 0 Å². The lowest BCUT2D eigenvalue weighted by Crippen LogP contribution is -2.13. The van der Waals surface area contributed by atoms with Gasteiger partial charge in [-0.15, -0.1) is 21.5 Å². The standard InChI is InChI=1S/C14H11F2N5OS3/c15-14(16)6-10(14)21-4-3-9(20-21)11(22)17-12-18-19-13(25-12)24-7-8-2-1-5-23-8/h1-5,10H,6-7H2,(H,17,18,22). The molecule has 1 aliphatic rings. The number of hydrogen-bond acceptors (Lipinski definition) is 7. The van der Waals surface area contributed by atoms with E-state index >= 15 is 0 Å². The highest BCUT2D eigenvalue weighted by Crippen LogP contribution is 2.52. The Hall–Kier alpha value is -1.85. The second kappa shape index (κ2) is 6.46. The molecule has 1 N–H and O–H groups in total. The van der Waals surface area contributed by atoms with E-state index in [1.807, 2.05) is 17.5 Å². The van der Waals surface area contributed by atoms with E-state index in [2.05, 4.69) is 20.6 Å². The normalized spacial score (nSPS) is 18.2. The summed E-state index contributed by atoms with van der Waals surface area (Å²) in [6, 6.07) is 4.50.